The molecule has 130 valence electrons. The van der Waals surface area contributed by atoms with Gasteiger partial charge < -0.3 is 15.4 Å². The van der Waals surface area contributed by atoms with Crippen LogP contribution in [-0.2, 0) is 4.74 Å². The summed E-state index contributed by atoms with van der Waals surface area (Å²) in [6.07, 6.45) is -0.774. The maximum absolute atomic E-state index is 13.5. The van der Waals surface area contributed by atoms with Gasteiger partial charge in [0.15, 0.2) is 23.3 Å². The third kappa shape index (κ3) is 4.97. The first-order valence-electron chi connectivity index (χ1n) is 6.69. The molecular weight excluding hydrogens is 323 g/mol. The van der Waals surface area contributed by atoms with Gasteiger partial charge in [-0.1, -0.05) is 0 Å². The number of rotatable bonds is 4. The van der Waals surface area contributed by atoms with Crippen LogP contribution in [0.25, 0.3) is 0 Å². The van der Waals surface area contributed by atoms with E-state index in [1.165, 1.54) is 6.92 Å². The maximum atomic E-state index is 13.5. The van der Waals surface area contributed by atoms with Gasteiger partial charge in [0.05, 0.1) is 0 Å². The Morgan fingerprint density at radius 3 is 1.87 bits per heavy atom. The predicted octanol–water partition coefficient (Wildman–Crippen LogP) is 3.71. The number of carbonyl (C=O) groups is 1. The van der Waals surface area contributed by atoms with Crippen LogP contribution in [-0.4, -0.2) is 24.3 Å². The third-order valence-corrected chi connectivity index (χ3v) is 2.55. The molecule has 0 radical (unpaired) electrons. The molecule has 0 saturated carbocycles. The van der Waals surface area contributed by atoms with Crippen molar-refractivity contribution >= 4 is 11.8 Å². The van der Waals surface area contributed by atoms with Gasteiger partial charge in [-0.25, -0.2) is 26.7 Å². The van der Waals surface area contributed by atoms with E-state index in [-0.39, 0.29) is 6.54 Å². The molecule has 1 aromatic rings. The number of hydrogen-bond acceptors (Lipinski definition) is 3. The van der Waals surface area contributed by atoms with Crippen molar-refractivity contribution in [2.24, 2.45) is 0 Å². The Balaban J connectivity index is 2.76. The molecule has 0 aromatic heterocycles. The average molecular weight is 340 g/mol. The van der Waals surface area contributed by atoms with Gasteiger partial charge in [0.2, 0.25) is 5.82 Å². The fraction of sp³-hybridized carbons (Fsp3) is 0.500. The van der Waals surface area contributed by atoms with Gasteiger partial charge in [-0.3, -0.25) is 0 Å². The maximum Gasteiger partial charge on any atom is 0.407 e. The van der Waals surface area contributed by atoms with Crippen LogP contribution in [0.4, 0.5) is 32.4 Å². The summed E-state index contributed by atoms with van der Waals surface area (Å²) in [4.78, 5) is 11.4. The van der Waals surface area contributed by atoms with Gasteiger partial charge in [0.1, 0.15) is 11.3 Å². The zero-order valence-corrected chi connectivity index (χ0v) is 13.0. The van der Waals surface area contributed by atoms with E-state index in [4.69, 9.17) is 4.74 Å². The fourth-order valence-corrected chi connectivity index (χ4v) is 1.58. The molecule has 0 spiro atoms. The molecule has 9 heteroatoms. The number of carbonyl (C=O) groups excluding carboxylic acids is 1. The van der Waals surface area contributed by atoms with E-state index >= 15 is 0 Å². The van der Waals surface area contributed by atoms with E-state index in [1.807, 2.05) is 0 Å². The van der Waals surface area contributed by atoms with Crippen molar-refractivity contribution in [3.05, 3.63) is 29.1 Å². The summed E-state index contributed by atoms with van der Waals surface area (Å²) in [5.41, 5.74) is -1.89. The number of nitrogens with one attached hydrogen (secondary N) is 2. The molecule has 0 bridgehead atoms. The Bertz CT molecular complexity index is 573. The molecule has 4 nitrogen and oxygen atoms in total. The Morgan fingerprint density at radius 2 is 1.43 bits per heavy atom. The lowest BCUT2D eigenvalue weighted by molar-refractivity contribution is 0.0526. The van der Waals surface area contributed by atoms with Crippen LogP contribution >= 0.6 is 0 Å². The van der Waals surface area contributed by atoms with Crippen molar-refractivity contribution < 1.29 is 31.5 Å². The average Bonchev–Trinajstić information content (AvgIpc) is 2.43. The minimum atomic E-state index is -2.23. The lowest BCUT2D eigenvalue weighted by atomic mass is 10.2. The molecule has 0 aliphatic rings. The molecule has 23 heavy (non-hydrogen) atoms. The molecular formula is C14H17F5N2O2. The first kappa shape index (κ1) is 19.0. The standard InChI is InChI=1S/C14H17F5N2O2/c1-6(5-20-13(22)23-14(2,3)4)21-12-10(18)8(16)7(15)9(17)11(12)19/h6,21H,5H2,1-4H3,(H,20,22). The quantitative estimate of drug-likeness (QED) is 0.499. The van der Waals surface area contributed by atoms with E-state index in [0.29, 0.717) is 0 Å². The molecule has 1 amide bonds. The third-order valence-electron chi connectivity index (χ3n) is 2.55. The lowest BCUT2D eigenvalue weighted by Crippen LogP contribution is -2.38. The van der Waals surface area contributed by atoms with Gasteiger partial charge in [0, 0.05) is 12.6 Å². The van der Waals surface area contributed by atoms with Gasteiger partial charge in [-0.2, -0.15) is 0 Å². The minimum Gasteiger partial charge on any atom is -0.444 e. The second kappa shape index (κ2) is 7.01. The van der Waals surface area contributed by atoms with Crippen LogP contribution in [0.2, 0.25) is 0 Å². The van der Waals surface area contributed by atoms with Gasteiger partial charge in [-0.15, -0.1) is 0 Å². The van der Waals surface area contributed by atoms with Crippen molar-refractivity contribution in [3.63, 3.8) is 0 Å². The number of hydrogen-bond donors (Lipinski definition) is 2. The number of amides is 1. The predicted molar refractivity (Wildman–Crippen MR) is 73.6 cm³/mol. The molecule has 1 rings (SSSR count). The number of halogens is 5. The summed E-state index contributed by atoms with van der Waals surface area (Å²) in [5.74, 6) is -10.3. The molecule has 0 heterocycles. The van der Waals surface area contributed by atoms with E-state index in [1.54, 1.807) is 20.8 Å². The van der Waals surface area contributed by atoms with Gasteiger partial charge >= 0.3 is 6.09 Å². The van der Waals surface area contributed by atoms with E-state index < -0.39 is 52.5 Å². The summed E-state index contributed by atoms with van der Waals surface area (Å²) < 4.78 is 71.0. The smallest absolute Gasteiger partial charge is 0.407 e. The van der Waals surface area contributed by atoms with Crippen LogP contribution in [0.1, 0.15) is 27.7 Å². The summed E-state index contributed by atoms with van der Waals surface area (Å²) in [6, 6.07) is -0.823. The topological polar surface area (TPSA) is 50.4 Å². The number of benzene rings is 1. The van der Waals surface area contributed by atoms with Crippen LogP contribution in [0.5, 0.6) is 0 Å². The molecule has 0 aliphatic carbocycles. The first-order valence-corrected chi connectivity index (χ1v) is 6.69. The molecule has 1 atom stereocenters. The number of alkyl carbamates (subject to hydrolysis) is 1. The van der Waals surface area contributed by atoms with Crippen molar-refractivity contribution in [3.8, 4) is 0 Å². The summed E-state index contributed by atoms with van der Waals surface area (Å²) in [5, 5.41) is 4.45. The summed E-state index contributed by atoms with van der Waals surface area (Å²) in [6.45, 7) is 6.15. The monoisotopic (exact) mass is 340 g/mol. The Kier molecular flexibility index (Phi) is 5.79. The zero-order valence-electron chi connectivity index (χ0n) is 13.0. The largest absolute Gasteiger partial charge is 0.444 e. The second-order valence-corrected chi connectivity index (χ2v) is 5.87. The van der Waals surface area contributed by atoms with Crippen LogP contribution in [0.15, 0.2) is 0 Å². The Hall–Kier alpha value is -2.06. The van der Waals surface area contributed by atoms with Crippen molar-refractivity contribution in [1.82, 2.24) is 5.32 Å². The van der Waals surface area contributed by atoms with Gasteiger partial charge in [0.25, 0.3) is 0 Å². The van der Waals surface area contributed by atoms with E-state index in [0.717, 1.165) is 0 Å². The van der Waals surface area contributed by atoms with Crippen molar-refractivity contribution in [2.45, 2.75) is 39.3 Å². The van der Waals surface area contributed by atoms with E-state index in [2.05, 4.69) is 10.6 Å². The highest BCUT2D eigenvalue weighted by Crippen LogP contribution is 2.27. The highest BCUT2D eigenvalue weighted by atomic mass is 19.2. The van der Waals surface area contributed by atoms with Crippen molar-refractivity contribution in [2.75, 3.05) is 11.9 Å². The Labute approximate surface area is 130 Å². The summed E-state index contributed by atoms with van der Waals surface area (Å²) in [7, 11) is 0. The highest BCUT2D eigenvalue weighted by Gasteiger charge is 2.26. The van der Waals surface area contributed by atoms with Crippen LogP contribution in [0, 0.1) is 29.1 Å². The highest BCUT2D eigenvalue weighted by molar-refractivity contribution is 5.67. The number of anilines is 1. The SMILES string of the molecule is CC(CNC(=O)OC(C)(C)C)Nc1c(F)c(F)c(F)c(F)c1F. The normalized spacial score (nSPS) is 12.7. The molecule has 0 saturated heterocycles. The first-order chi connectivity index (χ1) is 10.4. The zero-order chi connectivity index (χ0) is 17.9. The van der Waals surface area contributed by atoms with E-state index in [9.17, 15) is 26.7 Å². The second-order valence-electron chi connectivity index (χ2n) is 5.87. The molecule has 1 unspecified atom stereocenters. The fourth-order valence-electron chi connectivity index (χ4n) is 1.58. The molecule has 1 aromatic carbocycles. The number of ether oxygens (including phenoxy) is 1. The van der Waals surface area contributed by atoms with Crippen LogP contribution in [0.3, 0.4) is 0 Å². The van der Waals surface area contributed by atoms with Gasteiger partial charge in [-0.05, 0) is 27.7 Å². The Morgan fingerprint density at radius 1 is 1.00 bits per heavy atom. The minimum absolute atomic E-state index is 0.158. The lowest BCUT2D eigenvalue weighted by Gasteiger charge is -2.21. The molecule has 2 N–H and O–H groups in total. The van der Waals surface area contributed by atoms with Crippen LogP contribution < -0.4 is 10.6 Å². The van der Waals surface area contributed by atoms with Crippen molar-refractivity contribution in [1.29, 1.82) is 0 Å². The summed E-state index contributed by atoms with van der Waals surface area (Å²) >= 11 is 0. The molecule has 0 aliphatic heterocycles. The molecule has 0 fully saturated rings.